The van der Waals surface area contributed by atoms with Crippen molar-refractivity contribution in [2.24, 2.45) is 0 Å². The maximum atomic E-state index is 11.9. The summed E-state index contributed by atoms with van der Waals surface area (Å²) in [6, 6.07) is 10.0. The van der Waals surface area contributed by atoms with Gasteiger partial charge in [-0.2, -0.15) is 0 Å². The molecule has 104 valence electrons. The maximum absolute atomic E-state index is 11.9. The van der Waals surface area contributed by atoms with E-state index in [1.54, 1.807) is 7.11 Å². The van der Waals surface area contributed by atoms with E-state index in [2.05, 4.69) is 0 Å². The first-order chi connectivity index (χ1) is 9.28. The lowest BCUT2D eigenvalue weighted by Crippen LogP contribution is -2.44. The van der Waals surface area contributed by atoms with Crippen molar-refractivity contribution in [2.75, 3.05) is 12.9 Å². The van der Waals surface area contributed by atoms with Gasteiger partial charge < -0.3 is 14.2 Å². The molecule has 2 saturated heterocycles. The second-order valence-electron chi connectivity index (χ2n) is 4.94. The molecule has 0 amide bonds. The fourth-order valence-electron chi connectivity index (χ4n) is 2.63. The van der Waals surface area contributed by atoms with Crippen molar-refractivity contribution in [1.82, 2.24) is 0 Å². The van der Waals surface area contributed by atoms with E-state index in [4.69, 9.17) is 14.2 Å². The predicted molar refractivity (Wildman–Crippen MR) is 72.1 cm³/mol. The number of rotatable bonds is 4. The third-order valence-corrected chi connectivity index (χ3v) is 5.28. The van der Waals surface area contributed by atoms with Crippen molar-refractivity contribution in [3.8, 4) is 0 Å². The van der Waals surface area contributed by atoms with Crippen LogP contribution in [0, 0.1) is 0 Å². The van der Waals surface area contributed by atoms with Gasteiger partial charge in [-0.3, -0.25) is 4.21 Å². The Labute approximate surface area is 115 Å². The predicted octanol–water partition coefficient (Wildman–Crippen LogP) is 1.46. The minimum atomic E-state index is -0.954. The lowest BCUT2D eigenvalue weighted by Gasteiger charge is -2.33. The van der Waals surface area contributed by atoms with E-state index in [9.17, 15) is 4.21 Å². The highest BCUT2D eigenvalue weighted by Crippen LogP contribution is 2.33. The Morgan fingerprint density at radius 2 is 2.11 bits per heavy atom. The molecule has 1 aromatic carbocycles. The first-order valence-electron chi connectivity index (χ1n) is 6.49. The van der Waals surface area contributed by atoms with Gasteiger partial charge in [0.2, 0.25) is 0 Å². The van der Waals surface area contributed by atoms with Crippen LogP contribution in [0.15, 0.2) is 30.3 Å². The van der Waals surface area contributed by atoms with E-state index in [0.29, 0.717) is 12.4 Å². The monoisotopic (exact) mass is 282 g/mol. The molecule has 0 aliphatic carbocycles. The molecule has 0 saturated carbocycles. The molecule has 0 N–H and O–H groups in total. The van der Waals surface area contributed by atoms with Crippen molar-refractivity contribution in [2.45, 2.75) is 36.8 Å². The van der Waals surface area contributed by atoms with E-state index in [-0.39, 0.29) is 23.7 Å². The fraction of sp³-hybridized carbons (Fsp3) is 0.571. The summed E-state index contributed by atoms with van der Waals surface area (Å²) in [5, 5.41) is 0. The normalized spacial score (nSPS) is 37.4. The molecule has 0 aromatic heterocycles. The van der Waals surface area contributed by atoms with Gasteiger partial charge in [-0.15, -0.1) is 0 Å². The smallest absolute Gasteiger partial charge is 0.159 e. The molecular weight excluding hydrogens is 264 g/mol. The van der Waals surface area contributed by atoms with Gasteiger partial charge in [0.25, 0.3) is 0 Å². The summed E-state index contributed by atoms with van der Waals surface area (Å²) in [5.41, 5.74) is 0.865. The summed E-state index contributed by atoms with van der Waals surface area (Å²) in [4.78, 5) is 0. The molecule has 4 nitrogen and oxygen atoms in total. The van der Waals surface area contributed by atoms with E-state index in [1.807, 2.05) is 30.3 Å². The summed E-state index contributed by atoms with van der Waals surface area (Å²) in [6.45, 7) is 0.555. The number of methoxy groups -OCH3 is 1. The van der Waals surface area contributed by atoms with Crippen LogP contribution in [0.2, 0.25) is 0 Å². The minimum absolute atomic E-state index is 0.0344. The molecule has 5 atom stereocenters. The molecule has 0 spiro atoms. The highest BCUT2D eigenvalue weighted by molar-refractivity contribution is 7.85. The molecule has 2 heterocycles. The number of hydrogen-bond donors (Lipinski definition) is 0. The molecule has 2 aliphatic rings. The highest BCUT2D eigenvalue weighted by Gasteiger charge is 2.48. The molecule has 1 aromatic rings. The zero-order chi connectivity index (χ0) is 13.2. The second kappa shape index (κ2) is 5.71. The van der Waals surface area contributed by atoms with Gasteiger partial charge in [0.05, 0.1) is 41.5 Å². The lowest BCUT2D eigenvalue weighted by molar-refractivity contribution is -0.151. The summed E-state index contributed by atoms with van der Waals surface area (Å²) < 4.78 is 29.0. The Morgan fingerprint density at radius 3 is 2.84 bits per heavy atom. The molecular formula is C14H18O4S. The number of benzene rings is 1. The van der Waals surface area contributed by atoms with Crippen molar-refractivity contribution in [1.29, 1.82) is 0 Å². The SMILES string of the molecule is CO[C@@H]1C[C@H](OCc2ccccc2)[C@H]2CS(=O)C1O2. The van der Waals surface area contributed by atoms with Gasteiger partial charge in [-0.25, -0.2) is 0 Å². The van der Waals surface area contributed by atoms with Gasteiger partial charge in [0.15, 0.2) is 5.44 Å². The molecule has 0 radical (unpaired) electrons. The Balaban J connectivity index is 1.63. The van der Waals surface area contributed by atoms with Crippen molar-refractivity contribution < 1.29 is 18.4 Å². The van der Waals surface area contributed by atoms with E-state index < -0.39 is 10.8 Å². The maximum Gasteiger partial charge on any atom is 0.159 e. The van der Waals surface area contributed by atoms with Crippen LogP contribution in [0.4, 0.5) is 0 Å². The Morgan fingerprint density at radius 1 is 1.32 bits per heavy atom. The summed E-state index contributed by atoms with van der Waals surface area (Å²) in [5.74, 6) is 0.560. The first kappa shape index (κ1) is 13.2. The van der Waals surface area contributed by atoms with Gasteiger partial charge >= 0.3 is 0 Å². The fourth-order valence-corrected chi connectivity index (χ4v) is 4.27. The van der Waals surface area contributed by atoms with Crippen LogP contribution in [0.25, 0.3) is 0 Å². The van der Waals surface area contributed by atoms with Crippen LogP contribution in [0.1, 0.15) is 12.0 Å². The third-order valence-electron chi connectivity index (χ3n) is 3.69. The molecule has 2 unspecified atom stereocenters. The van der Waals surface area contributed by atoms with Gasteiger partial charge in [-0.05, 0) is 5.56 Å². The summed E-state index contributed by atoms with van der Waals surface area (Å²) in [7, 11) is 0.683. The molecule has 3 rings (SSSR count). The zero-order valence-electron chi connectivity index (χ0n) is 10.9. The number of hydrogen-bond acceptors (Lipinski definition) is 4. The van der Waals surface area contributed by atoms with Crippen LogP contribution in [0.3, 0.4) is 0 Å². The Bertz CT molecular complexity index is 450. The first-order valence-corrected chi connectivity index (χ1v) is 7.87. The van der Waals surface area contributed by atoms with Crippen molar-refractivity contribution in [3.63, 3.8) is 0 Å². The standard InChI is InChI=1S/C14H18O4S/c1-16-12-7-11(13-9-19(15)14(12)18-13)17-8-10-5-3-2-4-6-10/h2-6,11-14H,7-9H2,1H3/t11-,12+,13+,14?,19?/m0/s1. The van der Waals surface area contributed by atoms with Crippen LogP contribution >= 0.6 is 0 Å². The Kier molecular flexibility index (Phi) is 3.98. The largest absolute Gasteiger partial charge is 0.378 e. The lowest BCUT2D eigenvalue weighted by atomic mass is 10.0. The van der Waals surface area contributed by atoms with E-state index in [1.165, 1.54) is 0 Å². The molecule has 19 heavy (non-hydrogen) atoms. The van der Waals surface area contributed by atoms with Crippen LogP contribution in [-0.4, -0.2) is 40.8 Å². The second-order valence-corrected chi connectivity index (χ2v) is 6.49. The Hall–Kier alpha value is -0.750. The van der Waals surface area contributed by atoms with Crippen molar-refractivity contribution >= 4 is 10.8 Å². The number of ether oxygens (including phenoxy) is 3. The van der Waals surface area contributed by atoms with Gasteiger partial charge in [0, 0.05) is 13.5 Å². The van der Waals surface area contributed by atoms with E-state index in [0.717, 1.165) is 12.0 Å². The summed E-state index contributed by atoms with van der Waals surface area (Å²) >= 11 is 0. The average molecular weight is 282 g/mol. The quantitative estimate of drug-likeness (QED) is 0.839. The number of fused-ring (bicyclic) bond motifs is 2. The molecule has 2 bridgehead atoms. The minimum Gasteiger partial charge on any atom is -0.378 e. The highest BCUT2D eigenvalue weighted by atomic mass is 32.2. The van der Waals surface area contributed by atoms with Crippen LogP contribution < -0.4 is 0 Å². The van der Waals surface area contributed by atoms with Gasteiger partial charge in [-0.1, -0.05) is 30.3 Å². The van der Waals surface area contributed by atoms with Crippen LogP contribution in [-0.2, 0) is 31.6 Å². The van der Waals surface area contributed by atoms with E-state index >= 15 is 0 Å². The third kappa shape index (κ3) is 2.74. The molecule has 2 aliphatic heterocycles. The van der Waals surface area contributed by atoms with Gasteiger partial charge in [0.1, 0.15) is 0 Å². The summed E-state index contributed by atoms with van der Waals surface area (Å²) in [6.07, 6.45) is 0.541. The topological polar surface area (TPSA) is 44.8 Å². The molecule has 2 fully saturated rings. The van der Waals surface area contributed by atoms with Crippen LogP contribution in [0.5, 0.6) is 0 Å². The average Bonchev–Trinajstić information content (AvgIpc) is 2.77. The zero-order valence-corrected chi connectivity index (χ0v) is 11.7. The van der Waals surface area contributed by atoms with Crippen molar-refractivity contribution in [3.05, 3.63) is 35.9 Å². The molecule has 5 heteroatoms.